The van der Waals surface area contributed by atoms with Crippen LogP contribution in [0.3, 0.4) is 0 Å². The molecule has 3 rings (SSSR count). The van der Waals surface area contributed by atoms with E-state index in [1.165, 1.54) is 37.9 Å². The van der Waals surface area contributed by atoms with Gasteiger partial charge in [0.2, 0.25) is 0 Å². The van der Waals surface area contributed by atoms with E-state index in [-0.39, 0.29) is 0 Å². The van der Waals surface area contributed by atoms with Gasteiger partial charge in [0.15, 0.2) is 5.78 Å². The molecule has 92 valence electrons. The van der Waals surface area contributed by atoms with Crippen LogP contribution in [0.1, 0.15) is 41.6 Å². The molecular formula is C15H21NO. The number of fused-ring (bicyclic) bond motifs is 1. The minimum absolute atomic E-state index is 0.301. The van der Waals surface area contributed by atoms with Crippen LogP contribution >= 0.6 is 0 Å². The molecule has 1 aromatic carbocycles. The highest BCUT2D eigenvalue weighted by atomic mass is 16.1. The third kappa shape index (κ3) is 3.40. The van der Waals surface area contributed by atoms with Crippen molar-refractivity contribution in [2.24, 2.45) is 0 Å². The van der Waals surface area contributed by atoms with Gasteiger partial charge in [-0.05, 0) is 45.0 Å². The Hall–Kier alpha value is -1.15. The zero-order valence-corrected chi connectivity index (χ0v) is 10.6. The molecule has 0 bridgehead atoms. The van der Waals surface area contributed by atoms with Gasteiger partial charge in [0.05, 0.1) is 0 Å². The molecule has 2 aliphatic rings. The highest BCUT2D eigenvalue weighted by Crippen LogP contribution is 2.20. The first-order valence-electron chi connectivity index (χ1n) is 6.57. The van der Waals surface area contributed by atoms with E-state index in [4.69, 9.17) is 0 Å². The molecule has 0 atom stereocenters. The van der Waals surface area contributed by atoms with Crippen molar-refractivity contribution in [1.82, 2.24) is 4.90 Å². The predicted molar refractivity (Wildman–Crippen MR) is 70.4 cm³/mol. The Morgan fingerprint density at radius 2 is 1.71 bits per heavy atom. The smallest absolute Gasteiger partial charge is 0.163 e. The Kier molecular flexibility index (Phi) is 4.32. The van der Waals surface area contributed by atoms with Crippen LogP contribution in [0.5, 0.6) is 0 Å². The second kappa shape index (κ2) is 5.97. The SMILES string of the molecule is CN1CCCCC1.O=C1CCc2ccccc21. The highest BCUT2D eigenvalue weighted by molar-refractivity contribution is 6.00. The summed E-state index contributed by atoms with van der Waals surface area (Å²) in [5.41, 5.74) is 2.15. The zero-order chi connectivity index (χ0) is 12.1. The maximum absolute atomic E-state index is 11.1. The Balaban J connectivity index is 0.000000136. The van der Waals surface area contributed by atoms with Crippen molar-refractivity contribution in [3.63, 3.8) is 0 Å². The summed E-state index contributed by atoms with van der Waals surface area (Å²) in [6.45, 7) is 2.64. The molecule has 0 spiro atoms. The molecule has 0 radical (unpaired) electrons. The standard InChI is InChI=1S/C9H8O.C6H13N/c10-9-6-5-7-3-1-2-4-8(7)9;1-7-5-3-2-4-6-7/h1-4H,5-6H2;2-6H2,1H3. The van der Waals surface area contributed by atoms with E-state index >= 15 is 0 Å². The Morgan fingerprint density at radius 1 is 1.00 bits per heavy atom. The lowest BCUT2D eigenvalue weighted by molar-refractivity contribution is 0.0994. The van der Waals surface area contributed by atoms with Crippen LogP contribution in [0.25, 0.3) is 0 Å². The lowest BCUT2D eigenvalue weighted by Gasteiger charge is -2.20. The summed E-state index contributed by atoms with van der Waals surface area (Å²) in [5.74, 6) is 0.301. The summed E-state index contributed by atoms with van der Waals surface area (Å²) >= 11 is 0. The van der Waals surface area contributed by atoms with Crippen LogP contribution in [-0.4, -0.2) is 30.8 Å². The molecule has 17 heavy (non-hydrogen) atoms. The van der Waals surface area contributed by atoms with Crippen LogP contribution in [0.15, 0.2) is 24.3 Å². The van der Waals surface area contributed by atoms with Crippen LogP contribution in [0.4, 0.5) is 0 Å². The number of hydrogen-bond acceptors (Lipinski definition) is 2. The number of carbonyl (C=O) groups is 1. The van der Waals surface area contributed by atoms with Gasteiger partial charge in [0.1, 0.15) is 0 Å². The normalized spacial score (nSPS) is 19.5. The number of benzene rings is 1. The van der Waals surface area contributed by atoms with Gasteiger partial charge in [-0.3, -0.25) is 4.79 Å². The number of carbonyl (C=O) groups excluding carboxylic acids is 1. The monoisotopic (exact) mass is 231 g/mol. The lowest BCUT2D eigenvalue weighted by atomic mass is 10.1. The summed E-state index contributed by atoms with van der Waals surface area (Å²) < 4.78 is 0. The first-order valence-corrected chi connectivity index (χ1v) is 6.57. The van der Waals surface area contributed by atoms with Gasteiger partial charge in [-0.25, -0.2) is 0 Å². The number of aryl methyl sites for hydroxylation is 1. The van der Waals surface area contributed by atoms with E-state index in [0.29, 0.717) is 12.2 Å². The van der Waals surface area contributed by atoms with Crippen LogP contribution in [-0.2, 0) is 6.42 Å². The molecule has 2 nitrogen and oxygen atoms in total. The third-order valence-electron chi connectivity index (χ3n) is 3.52. The number of nitrogens with zero attached hydrogens (tertiary/aromatic N) is 1. The molecular weight excluding hydrogens is 210 g/mol. The van der Waals surface area contributed by atoms with Gasteiger partial charge in [-0.15, -0.1) is 0 Å². The van der Waals surface area contributed by atoms with Gasteiger partial charge in [-0.2, -0.15) is 0 Å². The van der Waals surface area contributed by atoms with Gasteiger partial charge in [-0.1, -0.05) is 30.7 Å². The van der Waals surface area contributed by atoms with Crippen molar-refractivity contribution in [2.75, 3.05) is 20.1 Å². The fourth-order valence-corrected chi connectivity index (χ4v) is 2.45. The molecule has 0 amide bonds. The van der Waals surface area contributed by atoms with E-state index in [1.807, 2.05) is 24.3 Å². The van der Waals surface area contributed by atoms with E-state index in [2.05, 4.69) is 11.9 Å². The van der Waals surface area contributed by atoms with E-state index < -0.39 is 0 Å². The number of hydrogen-bond donors (Lipinski definition) is 0. The van der Waals surface area contributed by atoms with Crippen molar-refractivity contribution in [3.8, 4) is 0 Å². The molecule has 0 N–H and O–H groups in total. The quantitative estimate of drug-likeness (QED) is 0.684. The van der Waals surface area contributed by atoms with Crippen molar-refractivity contribution >= 4 is 5.78 Å². The van der Waals surface area contributed by atoms with E-state index in [0.717, 1.165) is 12.0 Å². The highest BCUT2D eigenvalue weighted by Gasteiger charge is 2.17. The minimum Gasteiger partial charge on any atom is -0.306 e. The predicted octanol–water partition coefficient (Wildman–Crippen LogP) is 2.92. The Bertz CT molecular complexity index is 380. The molecule has 1 aliphatic carbocycles. The Morgan fingerprint density at radius 3 is 2.29 bits per heavy atom. The molecule has 0 saturated carbocycles. The molecule has 0 aromatic heterocycles. The third-order valence-corrected chi connectivity index (χ3v) is 3.52. The van der Waals surface area contributed by atoms with Crippen molar-refractivity contribution < 1.29 is 4.79 Å². The molecule has 1 aromatic rings. The average molecular weight is 231 g/mol. The average Bonchev–Trinajstić information content (AvgIpc) is 2.74. The largest absolute Gasteiger partial charge is 0.306 e. The van der Waals surface area contributed by atoms with Crippen LogP contribution < -0.4 is 0 Å². The number of rotatable bonds is 0. The van der Waals surface area contributed by atoms with Gasteiger partial charge in [0, 0.05) is 12.0 Å². The second-order valence-corrected chi connectivity index (χ2v) is 4.94. The second-order valence-electron chi connectivity index (χ2n) is 4.94. The van der Waals surface area contributed by atoms with Crippen molar-refractivity contribution in [1.29, 1.82) is 0 Å². The fraction of sp³-hybridized carbons (Fsp3) is 0.533. The summed E-state index contributed by atoms with van der Waals surface area (Å²) in [5, 5.41) is 0. The fourth-order valence-electron chi connectivity index (χ4n) is 2.45. The molecule has 1 aliphatic heterocycles. The summed E-state index contributed by atoms with van der Waals surface area (Å²) in [7, 11) is 2.19. The van der Waals surface area contributed by atoms with E-state index in [9.17, 15) is 4.79 Å². The number of ketones is 1. The summed E-state index contributed by atoms with van der Waals surface area (Å²) in [6.07, 6.45) is 5.92. The van der Waals surface area contributed by atoms with Gasteiger partial charge in [0.25, 0.3) is 0 Å². The topological polar surface area (TPSA) is 20.3 Å². The zero-order valence-electron chi connectivity index (χ0n) is 10.6. The summed E-state index contributed by atoms with van der Waals surface area (Å²) in [4.78, 5) is 13.5. The summed E-state index contributed by atoms with van der Waals surface area (Å²) in [6, 6.07) is 7.84. The minimum atomic E-state index is 0.301. The Labute approximate surface area is 104 Å². The molecule has 0 unspecified atom stereocenters. The maximum atomic E-state index is 11.1. The van der Waals surface area contributed by atoms with Gasteiger partial charge >= 0.3 is 0 Å². The van der Waals surface area contributed by atoms with Crippen molar-refractivity contribution in [3.05, 3.63) is 35.4 Å². The first-order chi connectivity index (χ1) is 8.27. The molecule has 1 saturated heterocycles. The molecule has 1 heterocycles. The van der Waals surface area contributed by atoms with Crippen LogP contribution in [0.2, 0.25) is 0 Å². The van der Waals surface area contributed by atoms with Gasteiger partial charge < -0.3 is 4.90 Å². The maximum Gasteiger partial charge on any atom is 0.163 e. The first kappa shape index (κ1) is 12.3. The lowest BCUT2D eigenvalue weighted by Crippen LogP contribution is -2.24. The molecule has 2 heteroatoms. The number of likely N-dealkylation sites (tertiary alicyclic amines) is 1. The van der Waals surface area contributed by atoms with Crippen LogP contribution in [0, 0.1) is 0 Å². The number of piperidine rings is 1. The van der Waals surface area contributed by atoms with E-state index in [1.54, 1.807) is 0 Å². The number of Topliss-reactive ketones (excluding diaryl/α,β-unsaturated/α-hetero) is 1. The van der Waals surface area contributed by atoms with Crippen molar-refractivity contribution in [2.45, 2.75) is 32.1 Å². The molecule has 1 fully saturated rings.